The minimum absolute atomic E-state index is 0.0174. The number of carbonyl (C=O) groups is 1. The van der Waals surface area contributed by atoms with E-state index in [9.17, 15) is 9.59 Å². The number of hydrogen-bond donors (Lipinski definition) is 0. The minimum Gasteiger partial charge on any atom is -0.368 e. The van der Waals surface area contributed by atoms with Gasteiger partial charge in [0.15, 0.2) is 5.16 Å². The monoisotopic (exact) mass is 527 g/mol. The Morgan fingerprint density at radius 1 is 0.947 bits per heavy atom. The molecule has 1 amide bonds. The Morgan fingerprint density at radius 3 is 2.47 bits per heavy atom. The first-order chi connectivity index (χ1) is 18.6. The molecule has 0 unspecified atom stereocenters. The number of piperazine rings is 1. The molecule has 3 heterocycles. The maximum Gasteiger partial charge on any atom is 0.262 e. The molecule has 1 aliphatic heterocycles. The Bertz CT molecular complexity index is 1430. The van der Waals surface area contributed by atoms with E-state index in [2.05, 4.69) is 28.9 Å². The van der Waals surface area contributed by atoms with Crippen molar-refractivity contribution >= 4 is 34.3 Å². The van der Waals surface area contributed by atoms with Crippen molar-refractivity contribution in [1.29, 1.82) is 0 Å². The molecule has 4 aromatic rings. The zero-order valence-corrected chi connectivity index (χ0v) is 22.6. The molecule has 1 aliphatic rings. The number of fused-ring (bicyclic) bond motifs is 1. The number of amides is 1. The van der Waals surface area contributed by atoms with Gasteiger partial charge in [0.25, 0.3) is 11.5 Å². The summed E-state index contributed by atoms with van der Waals surface area (Å²) in [6, 6.07) is 21.4. The summed E-state index contributed by atoms with van der Waals surface area (Å²) in [5.74, 6) is 0.605. The standard InChI is InChI=1S/C30H33N5O2S/c1-2-3-9-16-35-29(37)26-14-13-23(21-27(26)32-30(35)38-22-24-10-7-8-15-31-24)28(36)34-19-17-33(18-20-34)25-11-5-4-6-12-25/h4-8,10-15,21H,2-3,9,16-20,22H2,1H3. The van der Waals surface area contributed by atoms with E-state index in [-0.39, 0.29) is 11.5 Å². The van der Waals surface area contributed by atoms with Crippen LogP contribution in [0, 0.1) is 0 Å². The molecule has 0 aliphatic carbocycles. The molecule has 1 saturated heterocycles. The van der Waals surface area contributed by atoms with Crippen LogP contribution < -0.4 is 10.5 Å². The number of hydrogen-bond acceptors (Lipinski definition) is 6. The van der Waals surface area contributed by atoms with E-state index in [1.54, 1.807) is 29.0 Å². The molecule has 5 rings (SSSR count). The molecule has 0 radical (unpaired) electrons. The highest BCUT2D eigenvalue weighted by molar-refractivity contribution is 7.98. The third kappa shape index (κ3) is 5.91. The highest BCUT2D eigenvalue weighted by atomic mass is 32.2. The van der Waals surface area contributed by atoms with Crippen molar-refractivity contribution in [3.63, 3.8) is 0 Å². The number of anilines is 1. The van der Waals surface area contributed by atoms with Crippen molar-refractivity contribution in [2.45, 2.75) is 43.6 Å². The fourth-order valence-corrected chi connectivity index (χ4v) is 5.71. The van der Waals surface area contributed by atoms with E-state index in [1.807, 2.05) is 41.3 Å². The third-order valence-corrected chi connectivity index (χ3v) is 7.93. The molecule has 7 nitrogen and oxygen atoms in total. The Kier molecular flexibility index (Phi) is 8.38. The average molecular weight is 528 g/mol. The van der Waals surface area contributed by atoms with Gasteiger partial charge in [-0.3, -0.25) is 19.1 Å². The SMILES string of the molecule is CCCCCn1c(SCc2ccccn2)nc2cc(C(=O)N3CCN(c4ccccc4)CC3)ccc2c1=O. The summed E-state index contributed by atoms with van der Waals surface area (Å²) in [5.41, 5.74) is 3.21. The van der Waals surface area contributed by atoms with Crippen LogP contribution in [0.4, 0.5) is 5.69 Å². The van der Waals surface area contributed by atoms with Crippen LogP contribution in [0.5, 0.6) is 0 Å². The molecule has 8 heteroatoms. The highest BCUT2D eigenvalue weighted by Crippen LogP contribution is 2.23. The zero-order valence-electron chi connectivity index (χ0n) is 21.8. The molecule has 0 saturated carbocycles. The Balaban J connectivity index is 1.37. The lowest BCUT2D eigenvalue weighted by atomic mass is 10.1. The molecule has 0 atom stereocenters. The summed E-state index contributed by atoms with van der Waals surface area (Å²) in [6.07, 6.45) is 4.83. The van der Waals surface area contributed by atoms with E-state index < -0.39 is 0 Å². The van der Waals surface area contributed by atoms with Gasteiger partial charge in [0, 0.05) is 55.9 Å². The predicted octanol–water partition coefficient (Wildman–Crippen LogP) is 5.24. The van der Waals surface area contributed by atoms with Crippen LogP contribution in [0.3, 0.4) is 0 Å². The van der Waals surface area contributed by atoms with Crippen molar-refractivity contribution in [2.24, 2.45) is 0 Å². The number of thioether (sulfide) groups is 1. The van der Waals surface area contributed by atoms with Crippen molar-refractivity contribution in [3.8, 4) is 0 Å². The van der Waals surface area contributed by atoms with Gasteiger partial charge in [-0.05, 0) is 48.9 Å². The van der Waals surface area contributed by atoms with Crippen LogP contribution in [0.15, 0.2) is 82.9 Å². The van der Waals surface area contributed by atoms with Gasteiger partial charge < -0.3 is 9.80 Å². The van der Waals surface area contributed by atoms with Gasteiger partial charge in [0.1, 0.15) is 0 Å². The fraction of sp³-hybridized carbons (Fsp3) is 0.333. The lowest BCUT2D eigenvalue weighted by Gasteiger charge is -2.36. The van der Waals surface area contributed by atoms with Crippen molar-refractivity contribution in [3.05, 3.63) is 94.5 Å². The van der Waals surface area contributed by atoms with Gasteiger partial charge >= 0.3 is 0 Å². The molecule has 0 bridgehead atoms. The number of carbonyl (C=O) groups excluding carboxylic acids is 1. The normalized spacial score (nSPS) is 13.7. The van der Waals surface area contributed by atoms with Crippen LogP contribution in [-0.2, 0) is 12.3 Å². The summed E-state index contributed by atoms with van der Waals surface area (Å²) < 4.78 is 1.79. The first-order valence-electron chi connectivity index (χ1n) is 13.3. The van der Waals surface area contributed by atoms with E-state index >= 15 is 0 Å². The smallest absolute Gasteiger partial charge is 0.262 e. The summed E-state index contributed by atoms with van der Waals surface area (Å²) in [6.45, 7) is 5.67. The van der Waals surface area contributed by atoms with Gasteiger partial charge in [-0.15, -0.1) is 0 Å². The van der Waals surface area contributed by atoms with Crippen LogP contribution >= 0.6 is 11.8 Å². The fourth-order valence-electron chi connectivity index (χ4n) is 4.77. The van der Waals surface area contributed by atoms with E-state index in [1.165, 1.54) is 17.4 Å². The number of benzene rings is 2. The van der Waals surface area contributed by atoms with Crippen LogP contribution in [-0.4, -0.2) is 51.5 Å². The van der Waals surface area contributed by atoms with Crippen LogP contribution in [0.25, 0.3) is 10.9 Å². The van der Waals surface area contributed by atoms with E-state index in [4.69, 9.17) is 4.98 Å². The average Bonchev–Trinajstić information content (AvgIpc) is 2.98. The quantitative estimate of drug-likeness (QED) is 0.169. The number of nitrogens with zero attached hydrogens (tertiary/aromatic N) is 5. The summed E-state index contributed by atoms with van der Waals surface area (Å²) >= 11 is 1.52. The van der Waals surface area contributed by atoms with Crippen molar-refractivity contribution in [1.82, 2.24) is 19.4 Å². The molecule has 1 fully saturated rings. The minimum atomic E-state index is -0.0508. The maximum atomic E-state index is 13.5. The Hall–Kier alpha value is -3.65. The Labute approximate surface area is 227 Å². The first kappa shape index (κ1) is 26.0. The molecule has 196 valence electrons. The highest BCUT2D eigenvalue weighted by Gasteiger charge is 2.23. The molecule has 0 N–H and O–H groups in total. The second kappa shape index (κ2) is 12.3. The molecular formula is C30H33N5O2S. The van der Waals surface area contributed by atoms with Crippen LogP contribution in [0.1, 0.15) is 42.2 Å². The number of aromatic nitrogens is 3. The van der Waals surface area contributed by atoms with Gasteiger partial charge in [0.2, 0.25) is 0 Å². The maximum absolute atomic E-state index is 13.5. The Morgan fingerprint density at radius 2 is 1.74 bits per heavy atom. The predicted molar refractivity (Wildman–Crippen MR) is 154 cm³/mol. The van der Waals surface area contributed by atoms with Gasteiger partial charge in [0.05, 0.1) is 16.6 Å². The molecule has 2 aromatic carbocycles. The second-order valence-electron chi connectivity index (χ2n) is 9.51. The summed E-state index contributed by atoms with van der Waals surface area (Å²) in [4.78, 5) is 40.4. The molecular weight excluding hydrogens is 494 g/mol. The number of rotatable bonds is 9. The first-order valence-corrected chi connectivity index (χ1v) is 14.3. The third-order valence-electron chi connectivity index (χ3n) is 6.92. The van der Waals surface area contributed by atoms with E-state index in [0.717, 1.165) is 38.0 Å². The molecule has 2 aromatic heterocycles. The number of para-hydroxylation sites is 1. The van der Waals surface area contributed by atoms with Gasteiger partial charge in [-0.1, -0.05) is 55.8 Å². The second-order valence-corrected chi connectivity index (χ2v) is 10.5. The summed E-state index contributed by atoms with van der Waals surface area (Å²) in [7, 11) is 0. The van der Waals surface area contributed by atoms with E-state index in [0.29, 0.717) is 47.0 Å². The topological polar surface area (TPSA) is 71.3 Å². The number of unbranched alkanes of at least 4 members (excludes halogenated alkanes) is 2. The summed E-state index contributed by atoms with van der Waals surface area (Å²) in [5, 5.41) is 1.22. The van der Waals surface area contributed by atoms with Crippen molar-refractivity contribution in [2.75, 3.05) is 31.1 Å². The molecule has 0 spiro atoms. The van der Waals surface area contributed by atoms with Gasteiger partial charge in [-0.25, -0.2) is 4.98 Å². The van der Waals surface area contributed by atoms with Crippen molar-refractivity contribution < 1.29 is 4.79 Å². The lowest BCUT2D eigenvalue weighted by Crippen LogP contribution is -2.48. The zero-order chi connectivity index (χ0) is 26.3. The lowest BCUT2D eigenvalue weighted by molar-refractivity contribution is 0.0747. The van der Waals surface area contributed by atoms with Crippen LogP contribution in [0.2, 0.25) is 0 Å². The number of pyridine rings is 1. The van der Waals surface area contributed by atoms with Gasteiger partial charge in [-0.2, -0.15) is 0 Å². The largest absolute Gasteiger partial charge is 0.368 e. The molecule has 38 heavy (non-hydrogen) atoms.